The van der Waals surface area contributed by atoms with Gasteiger partial charge in [-0.3, -0.25) is 4.79 Å². The molecular formula is C7H13F3N2O2. The van der Waals surface area contributed by atoms with E-state index >= 15 is 0 Å². The van der Waals surface area contributed by atoms with Gasteiger partial charge in [0.05, 0.1) is 0 Å². The Morgan fingerprint density at radius 2 is 2.00 bits per heavy atom. The van der Waals surface area contributed by atoms with Gasteiger partial charge in [-0.2, -0.15) is 13.2 Å². The molecule has 0 heterocycles. The van der Waals surface area contributed by atoms with E-state index in [0.29, 0.717) is 6.92 Å². The van der Waals surface area contributed by atoms with Gasteiger partial charge in [0.15, 0.2) is 5.54 Å². The van der Waals surface area contributed by atoms with E-state index in [2.05, 4.69) is 0 Å². The zero-order valence-corrected chi connectivity index (χ0v) is 7.69. The summed E-state index contributed by atoms with van der Waals surface area (Å²) in [5, 5.41) is 10.3. The maximum absolute atomic E-state index is 12.2. The van der Waals surface area contributed by atoms with Crippen LogP contribution in [0.25, 0.3) is 0 Å². The minimum Gasteiger partial charge on any atom is -0.396 e. The number of amides is 1. The molecule has 84 valence electrons. The number of rotatable bonds is 4. The second kappa shape index (κ2) is 4.61. The van der Waals surface area contributed by atoms with Gasteiger partial charge in [-0.15, -0.1) is 0 Å². The van der Waals surface area contributed by atoms with E-state index in [0.717, 1.165) is 0 Å². The number of alkyl halides is 3. The maximum atomic E-state index is 12.2. The van der Waals surface area contributed by atoms with Crippen LogP contribution in [0.2, 0.25) is 0 Å². The molecule has 0 saturated carbocycles. The van der Waals surface area contributed by atoms with E-state index in [1.807, 2.05) is 5.32 Å². The van der Waals surface area contributed by atoms with Gasteiger partial charge < -0.3 is 16.2 Å². The van der Waals surface area contributed by atoms with Gasteiger partial charge in [0.1, 0.15) is 0 Å². The van der Waals surface area contributed by atoms with Gasteiger partial charge in [0.25, 0.3) is 0 Å². The number of nitrogens with one attached hydrogen (secondary N) is 1. The molecule has 0 bridgehead atoms. The van der Waals surface area contributed by atoms with Crippen LogP contribution in [0, 0.1) is 0 Å². The van der Waals surface area contributed by atoms with Gasteiger partial charge in [-0.1, -0.05) is 0 Å². The molecule has 1 amide bonds. The summed E-state index contributed by atoms with van der Waals surface area (Å²) in [6, 6.07) is 0. The first-order chi connectivity index (χ1) is 6.23. The number of hydrogen-bond donors (Lipinski definition) is 3. The number of carbonyl (C=O) groups excluding carboxylic acids is 1. The summed E-state index contributed by atoms with van der Waals surface area (Å²) in [7, 11) is 0. The van der Waals surface area contributed by atoms with Crippen molar-refractivity contribution in [2.75, 3.05) is 13.2 Å². The van der Waals surface area contributed by atoms with E-state index in [4.69, 9.17) is 10.8 Å². The van der Waals surface area contributed by atoms with Crippen molar-refractivity contribution < 1.29 is 23.1 Å². The Hall–Kier alpha value is -0.820. The summed E-state index contributed by atoms with van der Waals surface area (Å²) in [5.41, 5.74) is 1.93. The minimum absolute atomic E-state index is 0.0296. The third kappa shape index (κ3) is 3.15. The number of halogens is 3. The van der Waals surface area contributed by atoms with Crippen LogP contribution in [0.3, 0.4) is 0 Å². The quantitative estimate of drug-likeness (QED) is 0.565. The third-order valence-corrected chi connectivity index (χ3v) is 1.68. The van der Waals surface area contributed by atoms with E-state index in [1.165, 1.54) is 0 Å². The monoisotopic (exact) mass is 214 g/mol. The SMILES string of the molecule is CC(N)(C(=O)NCCCO)C(F)(F)F. The molecule has 14 heavy (non-hydrogen) atoms. The lowest BCUT2D eigenvalue weighted by atomic mass is 10.0. The van der Waals surface area contributed by atoms with Crippen LogP contribution in [0.1, 0.15) is 13.3 Å². The zero-order chi connectivity index (χ0) is 11.4. The maximum Gasteiger partial charge on any atom is 0.415 e. The summed E-state index contributed by atoms with van der Waals surface area (Å²) >= 11 is 0. The van der Waals surface area contributed by atoms with Crippen LogP contribution in [-0.2, 0) is 4.79 Å². The third-order valence-electron chi connectivity index (χ3n) is 1.68. The fourth-order valence-electron chi connectivity index (χ4n) is 0.593. The zero-order valence-electron chi connectivity index (χ0n) is 7.69. The average molecular weight is 214 g/mol. The van der Waals surface area contributed by atoms with E-state index in [1.54, 1.807) is 0 Å². The van der Waals surface area contributed by atoms with Crippen molar-refractivity contribution >= 4 is 5.91 Å². The second-order valence-corrected chi connectivity index (χ2v) is 3.03. The highest BCUT2D eigenvalue weighted by Gasteiger charge is 2.53. The Morgan fingerprint density at radius 1 is 1.50 bits per heavy atom. The molecule has 4 N–H and O–H groups in total. The van der Waals surface area contributed by atoms with Crippen molar-refractivity contribution in [1.29, 1.82) is 0 Å². The Bertz CT molecular complexity index is 204. The minimum atomic E-state index is -4.78. The van der Waals surface area contributed by atoms with Crippen molar-refractivity contribution in [3.63, 3.8) is 0 Å². The van der Waals surface area contributed by atoms with E-state index < -0.39 is 17.6 Å². The molecule has 0 aromatic carbocycles. The Kier molecular flexibility index (Phi) is 4.34. The summed E-state index contributed by atoms with van der Waals surface area (Å²) < 4.78 is 36.5. The fourth-order valence-corrected chi connectivity index (χ4v) is 0.593. The van der Waals surface area contributed by atoms with Crippen molar-refractivity contribution in [2.45, 2.75) is 25.1 Å². The van der Waals surface area contributed by atoms with E-state index in [9.17, 15) is 18.0 Å². The van der Waals surface area contributed by atoms with Crippen LogP contribution in [0.5, 0.6) is 0 Å². The highest BCUT2D eigenvalue weighted by atomic mass is 19.4. The molecule has 4 nitrogen and oxygen atoms in total. The molecule has 7 heteroatoms. The standard InChI is InChI=1S/C7H13F3N2O2/c1-6(11,7(8,9)10)5(14)12-3-2-4-13/h13H,2-4,11H2,1H3,(H,12,14). The molecule has 0 aliphatic heterocycles. The lowest BCUT2D eigenvalue weighted by Crippen LogP contribution is -2.61. The highest BCUT2D eigenvalue weighted by molar-refractivity contribution is 5.86. The fraction of sp³-hybridized carbons (Fsp3) is 0.857. The number of hydrogen-bond acceptors (Lipinski definition) is 3. The lowest BCUT2D eigenvalue weighted by Gasteiger charge is -2.25. The van der Waals surface area contributed by atoms with Crippen LogP contribution < -0.4 is 11.1 Å². The molecule has 0 spiro atoms. The average Bonchev–Trinajstić information content (AvgIpc) is 2.02. The van der Waals surface area contributed by atoms with Gasteiger partial charge in [-0.05, 0) is 13.3 Å². The van der Waals surface area contributed by atoms with Gasteiger partial charge in [-0.25, -0.2) is 0 Å². The Balaban J connectivity index is 4.23. The van der Waals surface area contributed by atoms with Crippen LogP contribution in [0.4, 0.5) is 13.2 Å². The molecule has 0 aliphatic rings. The molecule has 0 fully saturated rings. The van der Waals surface area contributed by atoms with Gasteiger partial charge >= 0.3 is 6.18 Å². The van der Waals surface area contributed by atoms with Crippen LogP contribution in [-0.4, -0.2) is 35.9 Å². The number of aliphatic hydroxyl groups is 1. The molecule has 0 rings (SSSR count). The summed E-state index contributed by atoms with van der Waals surface area (Å²) in [6.07, 6.45) is -4.59. The van der Waals surface area contributed by atoms with Gasteiger partial charge in [0, 0.05) is 13.2 Å². The first kappa shape index (κ1) is 13.2. The Labute approximate surface area is 79.3 Å². The van der Waals surface area contributed by atoms with Crippen molar-refractivity contribution in [3.8, 4) is 0 Å². The van der Waals surface area contributed by atoms with Crippen molar-refractivity contribution in [3.05, 3.63) is 0 Å². The second-order valence-electron chi connectivity index (χ2n) is 3.03. The summed E-state index contributed by atoms with van der Waals surface area (Å²) in [6.45, 7) is 0.368. The molecule has 0 aliphatic carbocycles. The molecule has 0 saturated heterocycles. The summed E-state index contributed by atoms with van der Waals surface area (Å²) in [4.78, 5) is 10.9. The summed E-state index contributed by atoms with van der Waals surface area (Å²) in [5.74, 6) is -1.29. The van der Waals surface area contributed by atoms with E-state index in [-0.39, 0.29) is 19.6 Å². The van der Waals surface area contributed by atoms with Crippen LogP contribution >= 0.6 is 0 Å². The number of nitrogens with two attached hydrogens (primary N) is 1. The smallest absolute Gasteiger partial charge is 0.396 e. The Morgan fingerprint density at radius 3 is 2.36 bits per heavy atom. The van der Waals surface area contributed by atoms with Crippen LogP contribution in [0.15, 0.2) is 0 Å². The van der Waals surface area contributed by atoms with Crippen molar-refractivity contribution in [1.82, 2.24) is 5.32 Å². The first-order valence-electron chi connectivity index (χ1n) is 3.98. The normalized spacial score (nSPS) is 16.1. The topological polar surface area (TPSA) is 75.4 Å². The molecule has 0 aromatic rings. The van der Waals surface area contributed by atoms with Crippen molar-refractivity contribution in [2.24, 2.45) is 5.73 Å². The predicted octanol–water partition coefficient (Wildman–Crippen LogP) is -0.235. The highest BCUT2D eigenvalue weighted by Crippen LogP contribution is 2.27. The molecule has 0 radical (unpaired) electrons. The lowest BCUT2D eigenvalue weighted by molar-refractivity contribution is -0.187. The first-order valence-corrected chi connectivity index (χ1v) is 3.98. The molecule has 1 unspecified atom stereocenters. The molecular weight excluding hydrogens is 201 g/mol. The number of carbonyl (C=O) groups is 1. The predicted molar refractivity (Wildman–Crippen MR) is 43.4 cm³/mol. The van der Waals surface area contributed by atoms with Gasteiger partial charge in [0.2, 0.25) is 5.91 Å². The molecule has 0 aromatic heterocycles. The number of aliphatic hydroxyl groups excluding tert-OH is 1. The molecule has 1 atom stereocenters. The largest absolute Gasteiger partial charge is 0.415 e.